The van der Waals surface area contributed by atoms with E-state index in [1.165, 1.54) is 0 Å². The van der Waals surface area contributed by atoms with Gasteiger partial charge in [0.25, 0.3) is 5.91 Å². The number of halogens is 3. The number of carboxylic acids is 1. The third kappa shape index (κ3) is 4.45. The highest BCUT2D eigenvalue weighted by Crippen LogP contribution is 2.20. The lowest BCUT2D eigenvalue weighted by molar-refractivity contribution is -0.137. The second kappa shape index (κ2) is 6.17. The molecular weight excluding hydrogens is 292 g/mol. The molecule has 0 unspecified atom stereocenters. The van der Waals surface area contributed by atoms with Gasteiger partial charge in [0, 0.05) is 12.0 Å². The molecule has 7 heteroatoms. The van der Waals surface area contributed by atoms with Crippen LogP contribution in [0.4, 0.5) is 8.78 Å². The molecular formula is C13H14ClF2NO3. The fourth-order valence-corrected chi connectivity index (χ4v) is 1.70. The smallest absolute Gasteiger partial charge is 0.303 e. The van der Waals surface area contributed by atoms with Crippen molar-refractivity contribution < 1.29 is 23.5 Å². The van der Waals surface area contributed by atoms with E-state index < -0.39 is 39.6 Å². The van der Waals surface area contributed by atoms with E-state index in [9.17, 15) is 18.4 Å². The van der Waals surface area contributed by atoms with Crippen LogP contribution < -0.4 is 5.32 Å². The van der Waals surface area contributed by atoms with Crippen LogP contribution in [-0.2, 0) is 4.79 Å². The number of carbonyl (C=O) groups excluding carboxylic acids is 1. The van der Waals surface area contributed by atoms with E-state index in [1.54, 1.807) is 13.8 Å². The Morgan fingerprint density at radius 3 is 2.45 bits per heavy atom. The fourth-order valence-electron chi connectivity index (χ4n) is 1.55. The van der Waals surface area contributed by atoms with E-state index in [0.717, 1.165) is 6.07 Å². The van der Waals surface area contributed by atoms with Gasteiger partial charge in [0.15, 0.2) is 0 Å². The summed E-state index contributed by atoms with van der Waals surface area (Å²) < 4.78 is 26.8. The first-order chi connectivity index (χ1) is 9.12. The second-order valence-corrected chi connectivity index (χ2v) is 5.39. The average molecular weight is 306 g/mol. The van der Waals surface area contributed by atoms with Crippen molar-refractivity contribution in [1.29, 1.82) is 0 Å². The summed E-state index contributed by atoms with van der Waals surface area (Å²) in [6.45, 7) is 3.19. The summed E-state index contributed by atoms with van der Waals surface area (Å²) >= 11 is 5.40. The fraction of sp³-hybridized carbons (Fsp3) is 0.385. The Morgan fingerprint density at radius 1 is 1.30 bits per heavy atom. The van der Waals surface area contributed by atoms with Crippen molar-refractivity contribution in [3.05, 3.63) is 34.4 Å². The van der Waals surface area contributed by atoms with Gasteiger partial charge < -0.3 is 10.4 Å². The molecule has 0 aliphatic carbocycles. The highest BCUT2D eigenvalue weighted by atomic mass is 35.5. The summed E-state index contributed by atoms with van der Waals surface area (Å²) in [5, 5.41) is 10.7. The molecule has 0 saturated carbocycles. The Balaban J connectivity index is 2.86. The van der Waals surface area contributed by atoms with E-state index >= 15 is 0 Å². The monoisotopic (exact) mass is 305 g/mol. The van der Waals surface area contributed by atoms with Gasteiger partial charge >= 0.3 is 5.97 Å². The molecule has 0 aliphatic rings. The molecule has 2 N–H and O–H groups in total. The van der Waals surface area contributed by atoms with Crippen molar-refractivity contribution in [1.82, 2.24) is 5.32 Å². The van der Waals surface area contributed by atoms with Crippen molar-refractivity contribution in [2.75, 3.05) is 0 Å². The lowest BCUT2D eigenvalue weighted by Crippen LogP contribution is -2.44. The quantitative estimate of drug-likeness (QED) is 0.822. The second-order valence-electron chi connectivity index (χ2n) is 4.98. The number of carboxylic acid groups (broad SMARTS) is 1. The van der Waals surface area contributed by atoms with Crippen molar-refractivity contribution in [3.8, 4) is 0 Å². The number of rotatable bonds is 5. The minimum Gasteiger partial charge on any atom is -0.481 e. The zero-order valence-electron chi connectivity index (χ0n) is 11.0. The first-order valence-electron chi connectivity index (χ1n) is 5.81. The minimum absolute atomic E-state index is 0.148. The van der Waals surface area contributed by atoms with Crippen LogP contribution in [-0.4, -0.2) is 22.5 Å². The zero-order valence-corrected chi connectivity index (χ0v) is 11.7. The summed E-state index contributed by atoms with van der Waals surface area (Å²) in [4.78, 5) is 22.4. The van der Waals surface area contributed by atoms with Crippen LogP contribution in [0.3, 0.4) is 0 Å². The van der Waals surface area contributed by atoms with Crippen LogP contribution in [0.25, 0.3) is 0 Å². The number of nitrogens with one attached hydrogen (secondary N) is 1. The Bertz CT molecular complexity index is 547. The van der Waals surface area contributed by atoms with Crippen molar-refractivity contribution in [3.63, 3.8) is 0 Å². The van der Waals surface area contributed by atoms with E-state index in [2.05, 4.69) is 5.32 Å². The van der Waals surface area contributed by atoms with Crippen LogP contribution in [0.15, 0.2) is 12.1 Å². The predicted octanol–water partition coefficient (Wildman–Crippen LogP) is 2.99. The van der Waals surface area contributed by atoms with Crippen LogP contribution >= 0.6 is 11.6 Å². The number of amides is 1. The normalized spacial score (nSPS) is 11.2. The Labute approximate surface area is 119 Å². The van der Waals surface area contributed by atoms with E-state index in [1.807, 2.05) is 0 Å². The highest BCUT2D eigenvalue weighted by Gasteiger charge is 2.24. The molecule has 110 valence electrons. The Hall–Kier alpha value is -1.69. The molecule has 4 nitrogen and oxygen atoms in total. The third-order valence-electron chi connectivity index (χ3n) is 2.67. The lowest BCUT2D eigenvalue weighted by Gasteiger charge is -2.25. The van der Waals surface area contributed by atoms with Gasteiger partial charge in [-0.15, -0.1) is 0 Å². The summed E-state index contributed by atoms with van der Waals surface area (Å²) in [6.07, 6.45) is 0.0104. The van der Waals surface area contributed by atoms with E-state index in [4.69, 9.17) is 16.7 Å². The van der Waals surface area contributed by atoms with E-state index in [0.29, 0.717) is 6.07 Å². The van der Waals surface area contributed by atoms with Crippen LogP contribution in [0.1, 0.15) is 37.0 Å². The van der Waals surface area contributed by atoms with Crippen LogP contribution in [0.5, 0.6) is 0 Å². The molecule has 1 aromatic rings. The number of hydrogen-bond acceptors (Lipinski definition) is 2. The molecule has 0 heterocycles. The number of aliphatic carboxylic acids is 1. The molecule has 1 amide bonds. The summed E-state index contributed by atoms with van der Waals surface area (Å²) in [5.41, 5.74) is -1.34. The molecule has 0 aromatic heterocycles. The van der Waals surface area contributed by atoms with Gasteiger partial charge in [-0.3, -0.25) is 9.59 Å². The Kier molecular flexibility index (Phi) is 5.05. The van der Waals surface area contributed by atoms with E-state index in [-0.39, 0.29) is 12.8 Å². The molecule has 1 rings (SSSR count). The standard InChI is InChI=1S/C13H14ClF2NO3/c1-13(2,4-3-11(18)19)17-12(20)7-5-10(16)8(14)6-9(7)15/h5-6H,3-4H2,1-2H3,(H,17,20)(H,18,19). The topological polar surface area (TPSA) is 66.4 Å². The Morgan fingerprint density at radius 2 is 1.90 bits per heavy atom. The van der Waals surface area contributed by atoms with Gasteiger partial charge in [0.05, 0.1) is 10.6 Å². The SMILES string of the molecule is CC(C)(CCC(=O)O)NC(=O)c1cc(F)c(Cl)cc1F. The van der Waals surface area contributed by atoms with Crippen molar-refractivity contribution >= 4 is 23.5 Å². The maximum absolute atomic E-state index is 13.6. The highest BCUT2D eigenvalue weighted by molar-refractivity contribution is 6.30. The predicted molar refractivity (Wildman–Crippen MR) is 69.8 cm³/mol. The van der Waals surface area contributed by atoms with Gasteiger partial charge in [-0.2, -0.15) is 0 Å². The van der Waals surface area contributed by atoms with Crippen LogP contribution in [0, 0.1) is 11.6 Å². The van der Waals surface area contributed by atoms with Gasteiger partial charge in [-0.1, -0.05) is 11.6 Å². The minimum atomic E-state index is -1.00. The molecule has 0 fully saturated rings. The number of hydrogen-bond donors (Lipinski definition) is 2. The molecule has 0 spiro atoms. The molecule has 0 radical (unpaired) electrons. The lowest BCUT2D eigenvalue weighted by atomic mass is 9.97. The molecule has 0 saturated heterocycles. The molecule has 1 aromatic carbocycles. The molecule has 20 heavy (non-hydrogen) atoms. The van der Waals surface area contributed by atoms with Gasteiger partial charge in [-0.25, -0.2) is 8.78 Å². The third-order valence-corrected chi connectivity index (χ3v) is 2.96. The first-order valence-corrected chi connectivity index (χ1v) is 6.19. The average Bonchev–Trinajstić information content (AvgIpc) is 2.30. The number of carbonyl (C=O) groups is 2. The van der Waals surface area contributed by atoms with Crippen molar-refractivity contribution in [2.45, 2.75) is 32.2 Å². The van der Waals surface area contributed by atoms with Crippen LogP contribution in [0.2, 0.25) is 5.02 Å². The molecule has 0 aliphatic heterocycles. The number of benzene rings is 1. The van der Waals surface area contributed by atoms with Gasteiger partial charge in [0.2, 0.25) is 0 Å². The maximum Gasteiger partial charge on any atom is 0.303 e. The first kappa shape index (κ1) is 16.4. The molecule has 0 bridgehead atoms. The van der Waals surface area contributed by atoms with Gasteiger partial charge in [-0.05, 0) is 32.4 Å². The summed E-state index contributed by atoms with van der Waals surface area (Å²) in [5.74, 6) is -3.67. The van der Waals surface area contributed by atoms with Crippen molar-refractivity contribution in [2.24, 2.45) is 0 Å². The van der Waals surface area contributed by atoms with Gasteiger partial charge in [0.1, 0.15) is 11.6 Å². The molecule has 0 atom stereocenters. The summed E-state index contributed by atoms with van der Waals surface area (Å²) in [6, 6.07) is 1.43. The maximum atomic E-state index is 13.6. The zero-order chi connectivity index (χ0) is 15.5. The largest absolute Gasteiger partial charge is 0.481 e. The summed E-state index contributed by atoms with van der Waals surface area (Å²) in [7, 11) is 0.